The van der Waals surface area contributed by atoms with Crippen LogP contribution in [0, 0.1) is 0 Å². The van der Waals surface area contributed by atoms with Crippen LogP contribution in [-0.2, 0) is 27.4 Å². The molecule has 242 valence electrons. The third-order valence-electron chi connectivity index (χ3n) is 4.44. The van der Waals surface area contributed by atoms with Crippen LogP contribution >= 0.6 is 45.6 Å². The third-order valence-corrected chi connectivity index (χ3v) is 8.92. The van der Waals surface area contributed by atoms with Crippen molar-refractivity contribution >= 4 is 45.6 Å². The maximum absolute atomic E-state index is 11.3. The van der Waals surface area contributed by atoms with E-state index in [1.54, 1.807) is 0 Å². The Bertz CT molecular complexity index is 967. The van der Waals surface area contributed by atoms with Crippen molar-refractivity contribution in [3.63, 3.8) is 0 Å². The summed E-state index contributed by atoms with van der Waals surface area (Å²) in [6.45, 7) is -4.20. The van der Waals surface area contributed by atoms with Gasteiger partial charge in [0.2, 0.25) is 0 Å². The van der Waals surface area contributed by atoms with Gasteiger partial charge in [-0.05, 0) is 0 Å². The number of nitrogens with zero attached hydrogens (tertiary/aromatic N) is 4. The van der Waals surface area contributed by atoms with Crippen molar-refractivity contribution in [3.8, 4) is 0 Å². The van der Waals surface area contributed by atoms with E-state index in [9.17, 15) is 86.1 Å². The fourth-order valence-electron chi connectivity index (χ4n) is 3.20. The Morgan fingerprint density at radius 1 is 0.261 bits per heavy atom. The first-order valence-corrected chi connectivity index (χ1v) is 20.8. The predicted octanol–water partition coefficient (Wildman–Crippen LogP) is -28.6. The molecular formula is C12H24N4Na6O18P6-6. The van der Waals surface area contributed by atoms with E-state index in [1.807, 2.05) is 0 Å². The quantitative estimate of drug-likeness (QED) is 0.0765. The zero-order valence-corrected chi connectivity index (χ0v) is 43.7. The van der Waals surface area contributed by atoms with E-state index >= 15 is 0 Å². The van der Waals surface area contributed by atoms with E-state index in [0.717, 1.165) is 0 Å². The summed E-state index contributed by atoms with van der Waals surface area (Å²) in [5.41, 5.74) is 0. The van der Waals surface area contributed by atoms with E-state index in [-0.39, 0.29) is 177 Å². The Morgan fingerprint density at radius 3 is 0.500 bits per heavy atom. The zero-order chi connectivity index (χ0) is 31.8. The first-order chi connectivity index (χ1) is 17.5. The van der Waals surface area contributed by atoms with Crippen LogP contribution in [0.1, 0.15) is 0 Å². The molecule has 0 saturated heterocycles. The van der Waals surface area contributed by atoms with E-state index in [4.69, 9.17) is 0 Å². The summed E-state index contributed by atoms with van der Waals surface area (Å²) in [5.74, 6) is 0. The van der Waals surface area contributed by atoms with Gasteiger partial charge in [-0.1, -0.05) is 45.6 Å². The maximum Gasteiger partial charge on any atom is 1.00 e. The molecule has 0 heterocycles. The van der Waals surface area contributed by atoms with Gasteiger partial charge in [0.05, 0.1) is 0 Å². The van der Waals surface area contributed by atoms with Gasteiger partial charge in [-0.25, -0.2) is 0 Å². The van der Waals surface area contributed by atoms with Gasteiger partial charge in [-0.2, -0.15) is 0 Å². The Morgan fingerprint density at radius 2 is 0.370 bits per heavy atom. The molecule has 46 heavy (non-hydrogen) atoms. The summed E-state index contributed by atoms with van der Waals surface area (Å²) < 4.78 is 66.7. The van der Waals surface area contributed by atoms with Crippen molar-refractivity contribution < 1.29 is 263 Å². The molecule has 0 atom stereocenters. The molecule has 22 nitrogen and oxygen atoms in total. The second kappa shape index (κ2) is 29.9. The van der Waals surface area contributed by atoms with Crippen molar-refractivity contribution in [3.05, 3.63) is 0 Å². The standard InChI is InChI=1S/C12H36N4O18P6.6Na/c17-35(18,19)7-13(3-5-15(9-37(23,24)25)10-38(26,27)28)1-2-14(8-36(20,21)22)4-6-16(11-39(29,30)31)12-40(32,33)34;;;;;;/h1-12H2,(H2,17,18,19)(H2,20,21,22)(H2,23,24,25)(H2,26,27,28)(H2,29,30,31)(H2,32,33,34);;;;;;/q;6*+1/p-12. The van der Waals surface area contributed by atoms with Crippen molar-refractivity contribution in [2.75, 3.05) is 77.0 Å². The fraction of sp³-hybridized carbons (Fsp3) is 1.00. The monoisotopic (exact) mass is 836 g/mol. The van der Waals surface area contributed by atoms with Crippen molar-refractivity contribution in [1.82, 2.24) is 19.6 Å². The van der Waals surface area contributed by atoms with E-state index in [1.165, 1.54) is 0 Å². The average Bonchev–Trinajstić information content (AvgIpc) is 2.60. The van der Waals surface area contributed by atoms with Crippen LogP contribution in [-0.4, -0.2) is 96.6 Å². The molecule has 34 heteroatoms. The van der Waals surface area contributed by atoms with Gasteiger partial charge in [0, 0.05) is 77.0 Å². The second-order valence-corrected chi connectivity index (χ2v) is 17.6. The molecule has 0 bridgehead atoms. The summed E-state index contributed by atoms with van der Waals surface area (Å²) in [7, 11) is -32.5. The third kappa shape index (κ3) is 46.9. The van der Waals surface area contributed by atoms with Crippen LogP contribution in [0.5, 0.6) is 0 Å². The normalized spacial score (nSPS) is 12.8. The number of rotatable bonds is 21. The number of hydrogen-bond acceptors (Lipinski definition) is 22. The number of hydrogen-bond donors (Lipinski definition) is 0. The minimum atomic E-state index is -5.42. The second-order valence-electron chi connectivity index (χ2n) is 8.54. The molecule has 0 aliphatic heterocycles. The molecule has 0 spiro atoms. The van der Waals surface area contributed by atoms with Crippen molar-refractivity contribution in [2.24, 2.45) is 0 Å². The largest absolute Gasteiger partial charge is 1.00 e. The summed E-state index contributed by atoms with van der Waals surface area (Å²) in [5, 5.41) is 0. The van der Waals surface area contributed by atoms with Gasteiger partial charge < -0.3 is 86.1 Å². The van der Waals surface area contributed by atoms with Gasteiger partial charge >= 0.3 is 177 Å². The Hall–Kier alpha value is 6.74. The van der Waals surface area contributed by atoms with Crippen molar-refractivity contribution in [1.29, 1.82) is 0 Å². The van der Waals surface area contributed by atoms with E-state index < -0.39 is 123 Å². The van der Waals surface area contributed by atoms with Crippen LogP contribution in [0.3, 0.4) is 0 Å². The minimum Gasteiger partial charge on any atom is -0.810 e. The zero-order valence-electron chi connectivity index (χ0n) is 26.3. The van der Waals surface area contributed by atoms with Gasteiger partial charge in [-0.15, -0.1) is 0 Å². The maximum atomic E-state index is 11.3. The topological polar surface area (TPSA) is 392 Å². The molecule has 0 N–H and O–H groups in total. The summed E-state index contributed by atoms with van der Waals surface area (Å²) in [6, 6.07) is 0. The predicted molar refractivity (Wildman–Crippen MR) is 111 cm³/mol. The summed E-state index contributed by atoms with van der Waals surface area (Å²) in [6.07, 6.45) is -8.51. The SMILES string of the molecule is O=P([O-])([O-])CN(CCN(CCN(CP(=O)([O-])[O-])CP(=O)([O-])[O-])CP(=O)([O-])[O-])CCN(CP(=O)([O-])[O-])CP(=O)([O-])[O-].[Na+].[Na+].[Na+].[Na+].[Na+].[Na+]. The molecule has 0 unspecified atom stereocenters. The first-order valence-electron chi connectivity index (χ1n) is 10.5. The molecule has 0 saturated carbocycles. The van der Waals surface area contributed by atoms with Gasteiger partial charge in [-0.3, -0.25) is 19.6 Å². The molecule has 0 fully saturated rings. The van der Waals surface area contributed by atoms with E-state index in [2.05, 4.69) is 0 Å². The Balaban J connectivity index is -0.000000507. The van der Waals surface area contributed by atoms with E-state index in [0.29, 0.717) is 19.6 Å². The molecular weight excluding hydrogens is 812 g/mol. The summed E-state index contributed by atoms with van der Waals surface area (Å²) >= 11 is 0. The van der Waals surface area contributed by atoms with Crippen LogP contribution < -0.4 is 236 Å². The van der Waals surface area contributed by atoms with Crippen LogP contribution in [0.25, 0.3) is 0 Å². The first kappa shape index (κ1) is 67.5. The molecule has 0 amide bonds. The summed E-state index contributed by atoms with van der Waals surface area (Å²) in [4.78, 5) is 135. The molecule has 0 aliphatic carbocycles. The molecule has 0 aromatic rings. The van der Waals surface area contributed by atoms with Crippen LogP contribution in [0.4, 0.5) is 0 Å². The Kier molecular flexibility index (Phi) is 43.9. The van der Waals surface area contributed by atoms with Crippen LogP contribution in [0.2, 0.25) is 0 Å². The van der Waals surface area contributed by atoms with Crippen LogP contribution in [0.15, 0.2) is 0 Å². The molecule has 0 aromatic heterocycles. The van der Waals surface area contributed by atoms with Gasteiger partial charge in [0.1, 0.15) is 0 Å². The van der Waals surface area contributed by atoms with Crippen molar-refractivity contribution in [2.45, 2.75) is 0 Å². The molecule has 0 aliphatic rings. The minimum absolute atomic E-state index is 0. The molecule has 0 aromatic carbocycles. The van der Waals surface area contributed by atoms with Gasteiger partial charge in [0.25, 0.3) is 0 Å². The Labute approximate surface area is 399 Å². The average molecular weight is 836 g/mol. The van der Waals surface area contributed by atoms with Gasteiger partial charge in [0.15, 0.2) is 0 Å². The fourth-order valence-corrected chi connectivity index (χ4v) is 7.98. The smallest absolute Gasteiger partial charge is 0.810 e. The molecule has 0 radical (unpaired) electrons. The molecule has 0 rings (SSSR count).